The Hall–Kier alpha value is -1.64. The van der Waals surface area contributed by atoms with E-state index in [-0.39, 0.29) is 24.0 Å². The molecule has 0 amide bonds. The number of aromatic nitrogens is 3. The maximum atomic E-state index is 4.64. The summed E-state index contributed by atoms with van der Waals surface area (Å²) in [4.78, 5) is 4.64. The highest BCUT2D eigenvalue weighted by Gasteiger charge is 2.02. The van der Waals surface area contributed by atoms with E-state index < -0.39 is 0 Å². The van der Waals surface area contributed by atoms with E-state index in [0.29, 0.717) is 6.54 Å². The third kappa shape index (κ3) is 6.46. The summed E-state index contributed by atoms with van der Waals surface area (Å²) in [7, 11) is 0. The minimum atomic E-state index is 0. The monoisotopic (exact) mass is 442 g/mol. The molecular formula is C17H27IN6. The third-order valence-corrected chi connectivity index (χ3v) is 3.50. The van der Waals surface area contributed by atoms with Gasteiger partial charge in [0.1, 0.15) is 12.2 Å². The lowest BCUT2D eigenvalue weighted by atomic mass is 10.1. The first-order chi connectivity index (χ1) is 11.2. The molecule has 7 heteroatoms. The third-order valence-electron chi connectivity index (χ3n) is 3.50. The molecule has 0 fully saturated rings. The number of nitrogens with one attached hydrogen (secondary N) is 2. The van der Waals surface area contributed by atoms with Gasteiger partial charge in [0, 0.05) is 26.1 Å². The van der Waals surface area contributed by atoms with Crippen LogP contribution >= 0.6 is 24.0 Å². The van der Waals surface area contributed by atoms with Crippen LogP contribution in [0.4, 0.5) is 0 Å². The average molecular weight is 442 g/mol. The molecule has 2 aromatic rings. The Balaban J connectivity index is 0.00000288. The van der Waals surface area contributed by atoms with E-state index >= 15 is 0 Å². The number of aliphatic imine (C=N–C) groups is 1. The van der Waals surface area contributed by atoms with Crippen LogP contribution in [0.5, 0.6) is 0 Å². The van der Waals surface area contributed by atoms with Crippen molar-refractivity contribution in [1.82, 2.24) is 25.4 Å². The zero-order valence-corrected chi connectivity index (χ0v) is 16.9. The predicted molar refractivity (Wildman–Crippen MR) is 109 cm³/mol. The molecule has 0 saturated heterocycles. The van der Waals surface area contributed by atoms with Crippen LogP contribution in [-0.2, 0) is 19.5 Å². The van der Waals surface area contributed by atoms with Crippen molar-refractivity contribution in [2.45, 2.75) is 40.3 Å². The summed E-state index contributed by atoms with van der Waals surface area (Å²) in [6, 6.07) is 8.43. The number of aryl methyl sites for hydroxylation is 2. The van der Waals surface area contributed by atoms with Gasteiger partial charge in [0.15, 0.2) is 5.96 Å². The van der Waals surface area contributed by atoms with Gasteiger partial charge in [-0.25, -0.2) is 4.99 Å². The molecule has 0 bridgehead atoms. The van der Waals surface area contributed by atoms with Crippen molar-refractivity contribution >= 4 is 29.9 Å². The lowest BCUT2D eigenvalue weighted by Crippen LogP contribution is -2.38. The Bertz CT molecular complexity index is 638. The van der Waals surface area contributed by atoms with Crippen LogP contribution < -0.4 is 10.6 Å². The first-order valence-corrected chi connectivity index (χ1v) is 8.17. The van der Waals surface area contributed by atoms with Crippen molar-refractivity contribution in [1.29, 1.82) is 0 Å². The van der Waals surface area contributed by atoms with Crippen LogP contribution in [0, 0.1) is 6.92 Å². The summed E-state index contributed by atoms with van der Waals surface area (Å²) in [6.45, 7) is 9.37. The molecule has 0 saturated carbocycles. The number of benzene rings is 1. The molecule has 2 rings (SSSR count). The van der Waals surface area contributed by atoms with Gasteiger partial charge in [-0.1, -0.05) is 36.8 Å². The quantitative estimate of drug-likeness (QED) is 0.393. The van der Waals surface area contributed by atoms with E-state index in [1.54, 1.807) is 6.33 Å². The summed E-state index contributed by atoms with van der Waals surface area (Å²) < 4.78 is 2.07. The molecule has 1 aromatic heterocycles. The van der Waals surface area contributed by atoms with Crippen molar-refractivity contribution in [2.24, 2.45) is 4.99 Å². The Morgan fingerprint density at radius 2 is 2.08 bits per heavy atom. The normalized spacial score (nSPS) is 11.0. The minimum absolute atomic E-state index is 0. The Morgan fingerprint density at radius 3 is 2.79 bits per heavy atom. The van der Waals surface area contributed by atoms with Gasteiger partial charge in [0.2, 0.25) is 0 Å². The lowest BCUT2D eigenvalue weighted by molar-refractivity contribution is 0.632. The predicted octanol–water partition coefficient (Wildman–Crippen LogP) is 2.52. The van der Waals surface area contributed by atoms with Crippen LogP contribution in [0.1, 0.15) is 30.8 Å². The van der Waals surface area contributed by atoms with Crippen LogP contribution in [0.3, 0.4) is 0 Å². The Labute approximate surface area is 161 Å². The van der Waals surface area contributed by atoms with Gasteiger partial charge in [-0.15, -0.1) is 34.2 Å². The molecule has 1 aromatic carbocycles. The van der Waals surface area contributed by atoms with Crippen LogP contribution in [0.25, 0.3) is 0 Å². The molecule has 24 heavy (non-hydrogen) atoms. The molecule has 1 heterocycles. The Kier molecular flexibility index (Phi) is 9.36. The number of hydrogen-bond acceptors (Lipinski definition) is 3. The second-order valence-corrected chi connectivity index (χ2v) is 5.41. The highest BCUT2D eigenvalue weighted by atomic mass is 127. The summed E-state index contributed by atoms with van der Waals surface area (Å²) in [6.07, 6.45) is 2.67. The molecule has 132 valence electrons. The van der Waals surface area contributed by atoms with Gasteiger partial charge in [-0.2, -0.15) is 0 Å². The number of halogens is 1. The second kappa shape index (κ2) is 11.0. The standard InChI is InChI=1S/C17H26N6.HI/c1-4-16-22-21-13-23(16)10-9-19-17(18-5-2)20-12-15-8-6-7-14(3)11-15;/h6-8,11,13H,4-5,9-10,12H2,1-3H3,(H2,18,19,20);1H. The first-order valence-electron chi connectivity index (χ1n) is 8.17. The number of guanidine groups is 1. The fourth-order valence-corrected chi connectivity index (χ4v) is 2.36. The largest absolute Gasteiger partial charge is 0.357 e. The van der Waals surface area contributed by atoms with Gasteiger partial charge >= 0.3 is 0 Å². The fraction of sp³-hybridized carbons (Fsp3) is 0.471. The van der Waals surface area contributed by atoms with Crippen LogP contribution in [-0.4, -0.2) is 33.8 Å². The minimum Gasteiger partial charge on any atom is -0.357 e. The molecule has 6 nitrogen and oxygen atoms in total. The fourth-order valence-electron chi connectivity index (χ4n) is 2.36. The number of hydrogen-bond donors (Lipinski definition) is 2. The summed E-state index contributed by atoms with van der Waals surface area (Å²) >= 11 is 0. The SMILES string of the molecule is CCNC(=NCc1cccc(C)c1)NCCn1cnnc1CC.I. The average Bonchev–Trinajstić information content (AvgIpc) is 3.00. The van der Waals surface area contributed by atoms with Gasteiger partial charge < -0.3 is 15.2 Å². The van der Waals surface area contributed by atoms with Crippen molar-refractivity contribution in [3.63, 3.8) is 0 Å². The van der Waals surface area contributed by atoms with Crippen molar-refractivity contribution in [3.8, 4) is 0 Å². The molecule has 0 spiro atoms. The Morgan fingerprint density at radius 1 is 1.25 bits per heavy atom. The van der Waals surface area contributed by atoms with Gasteiger partial charge in [0.25, 0.3) is 0 Å². The maximum Gasteiger partial charge on any atom is 0.191 e. The molecule has 0 aliphatic rings. The van der Waals surface area contributed by atoms with E-state index in [1.807, 2.05) is 0 Å². The van der Waals surface area contributed by atoms with E-state index in [2.05, 4.69) is 75.4 Å². The zero-order valence-electron chi connectivity index (χ0n) is 14.6. The highest BCUT2D eigenvalue weighted by molar-refractivity contribution is 14.0. The molecule has 0 aliphatic heterocycles. The molecule has 2 N–H and O–H groups in total. The van der Waals surface area contributed by atoms with E-state index in [9.17, 15) is 0 Å². The molecule has 0 aliphatic carbocycles. The topological polar surface area (TPSA) is 67.1 Å². The van der Waals surface area contributed by atoms with E-state index in [0.717, 1.165) is 37.8 Å². The first kappa shape index (κ1) is 20.4. The van der Waals surface area contributed by atoms with Crippen molar-refractivity contribution < 1.29 is 0 Å². The van der Waals surface area contributed by atoms with E-state index in [4.69, 9.17) is 0 Å². The van der Waals surface area contributed by atoms with Crippen molar-refractivity contribution in [2.75, 3.05) is 13.1 Å². The van der Waals surface area contributed by atoms with Crippen LogP contribution in [0.2, 0.25) is 0 Å². The summed E-state index contributed by atoms with van der Waals surface area (Å²) in [5.41, 5.74) is 2.48. The van der Waals surface area contributed by atoms with Crippen LogP contribution in [0.15, 0.2) is 35.6 Å². The maximum absolute atomic E-state index is 4.64. The van der Waals surface area contributed by atoms with E-state index in [1.165, 1.54) is 11.1 Å². The van der Waals surface area contributed by atoms with Gasteiger partial charge in [-0.3, -0.25) is 0 Å². The second-order valence-electron chi connectivity index (χ2n) is 5.41. The molecule has 0 radical (unpaired) electrons. The summed E-state index contributed by atoms with van der Waals surface area (Å²) in [5, 5.41) is 14.7. The highest BCUT2D eigenvalue weighted by Crippen LogP contribution is 2.05. The zero-order chi connectivity index (χ0) is 16.5. The van der Waals surface area contributed by atoms with Gasteiger partial charge in [0.05, 0.1) is 6.54 Å². The molecule has 0 unspecified atom stereocenters. The molecule has 0 atom stereocenters. The van der Waals surface area contributed by atoms with Crippen molar-refractivity contribution in [3.05, 3.63) is 47.5 Å². The number of rotatable bonds is 7. The summed E-state index contributed by atoms with van der Waals surface area (Å²) in [5.74, 6) is 1.84. The molecular weight excluding hydrogens is 415 g/mol. The number of nitrogens with zero attached hydrogens (tertiary/aromatic N) is 4. The smallest absolute Gasteiger partial charge is 0.191 e. The lowest BCUT2D eigenvalue weighted by Gasteiger charge is -2.12. The van der Waals surface area contributed by atoms with Gasteiger partial charge in [-0.05, 0) is 19.4 Å².